The van der Waals surface area contributed by atoms with E-state index in [-0.39, 0.29) is 30.1 Å². The van der Waals surface area contributed by atoms with Gasteiger partial charge in [-0.2, -0.15) is 0 Å². The highest BCUT2D eigenvalue weighted by Crippen LogP contribution is 2.49. The van der Waals surface area contributed by atoms with Crippen molar-refractivity contribution in [3.63, 3.8) is 0 Å². The van der Waals surface area contributed by atoms with Crippen LogP contribution in [0, 0.1) is 0 Å². The summed E-state index contributed by atoms with van der Waals surface area (Å²) in [7, 11) is -2.88. The summed E-state index contributed by atoms with van der Waals surface area (Å²) >= 11 is 0. The number of benzene rings is 2. The summed E-state index contributed by atoms with van der Waals surface area (Å²) in [5.74, 6) is 0. The molecule has 0 aliphatic carbocycles. The largest absolute Gasteiger partial charge is 0.371 e. The summed E-state index contributed by atoms with van der Waals surface area (Å²) in [6, 6.07) is 16.6. The Kier molecular flexibility index (Phi) is 6.40. The molecular weight excluding hydrogens is 463 g/mol. The summed E-state index contributed by atoms with van der Waals surface area (Å²) in [4.78, 5) is 4.65. The molecular formula is C27H35N2O5P. The lowest BCUT2D eigenvalue weighted by molar-refractivity contribution is 0.388. The minimum Gasteiger partial charge on any atom is -0.371 e. The Morgan fingerprint density at radius 1 is 0.714 bits per heavy atom. The van der Waals surface area contributed by atoms with Crippen LogP contribution in [0.2, 0.25) is 0 Å². The van der Waals surface area contributed by atoms with Crippen LogP contribution in [0.3, 0.4) is 0 Å². The van der Waals surface area contributed by atoms with Gasteiger partial charge in [-0.25, -0.2) is 0 Å². The molecule has 0 spiro atoms. The number of ether oxygens (including phenoxy) is 4. The molecule has 0 bridgehead atoms. The summed E-state index contributed by atoms with van der Waals surface area (Å²) in [6.07, 6.45) is 1.12. The fourth-order valence-electron chi connectivity index (χ4n) is 4.79. The molecule has 8 heteroatoms. The van der Waals surface area contributed by atoms with E-state index in [9.17, 15) is 4.57 Å². The first-order valence-electron chi connectivity index (χ1n) is 12.8. The first kappa shape index (κ1) is 23.5. The van der Waals surface area contributed by atoms with Crippen molar-refractivity contribution in [1.29, 1.82) is 0 Å². The third-order valence-electron chi connectivity index (χ3n) is 7.19. The molecule has 4 aliphatic heterocycles. The van der Waals surface area contributed by atoms with E-state index in [0.29, 0.717) is 0 Å². The second-order valence-corrected chi connectivity index (χ2v) is 13.8. The molecule has 4 atom stereocenters. The molecule has 35 heavy (non-hydrogen) atoms. The third kappa shape index (κ3) is 5.60. The van der Waals surface area contributed by atoms with Crippen LogP contribution in [0.5, 0.6) is 0 Å². The molecule has 4 heterocycles. The SMILES string of the molecule is CC(C)P(=O)(c1cccc(N(CC2CO2)CC2CO2)c1)c1cccc(N(CC2CO2)CC2CO2)c1. The highest BCUT2D eigenvalue weighted by molar-refractivity contribution is 7.79. The standard InChI is InChI=1S/C27H35N2O5P/c1-19(2)35(30,26-7-3-5-20(9-26)28(11-22-15-31-22)12-23-16-32-23)27-8-4-6-21(10-27)29(13-24-17-33-24)14-25-18-34-25/h3-10,19,22-25H,11-18H2,1-2H3. The van der Waals surface area contributed by atoms with Crippen molar-refractivity contribution >= 4 is 29.1 Å². The van der Waals surface area contributed by atoms with Gasteiger partial charge in [0.1, 0.15) is 7.14 Å². The highest BCUT2D eigenvalue weighted by Gasteiger charge is 2.35. The molecule has 4 saturated heterocycles. The van der Waals surface area contributed by atoms with Crippen molar-refractivity contribution in [2.75, 3.05) is 62.4 Å². The van der Waals surface area contributed by atoms with Gasteiger partial charge in [0.15, 0.2) is 0 Å². The van der Waals surface area contributed by atoms with E-state index in [1.807, 2.05) is 24.3 Å². The van der Waals surface area contributed by atoms with Crippen LogP contribution in [-0.2, 0) is 23.5 Å². The maximum atomic E-state index is 14.9. The molecule has 0 N–H and O–H groups in total. The van der Waals surface area contributed by atoms with Crippen LogP contribution in [-0.4, -0.2) is 82.7 Å². The average molecular weight is 499 g/mol. The van der Waals surface area contributed by atoms with Gasteiger partial charge in [-0.1, -0.05) is 38.1 Å². The van der Waals surface area contributed by atoms with E-state index in [2.05, 4.69) is 47.9 Å². The maximum absolute atomic E-state index is 14.9. The van der Waals surface area contributed by atoms with Crippen LogP contribution in [0.4, 0.5) is 11.4 Å². The number of rotatable bonds is 13. The number of epoxide rings is 4. The monoisotopic (exact) mass is 498 g/mol. The number of nitrogens with zero attached hydrogens (tertiary/aromatic N) is 2. The van der Waals surface area contributed by atoms with Crippen LogP contribution in [0.25, 0.3) is 0 Å². The summed E-state index contributed by atoms with van der Waals surface area (Å²) in [5.41, 5.74) is 2.15. The van der Waals surface area contributed by atoms with Crippen LogP contribution >= 0.6 is 7.14 Å². The smallest absolute Gasteiger partial charge is 0.145 e. The van der Waals surface area contributed by atoms with Gasteiger partial charge < -0.3 is 33.3 Å². The van der Waals surface area contributed by atoms with Gasteiger partial charge in [-0.3, -0.25) is 0 Å². The predicted molar refractivity (Wildman–Crippen MR) is 138 cm³/mol. The topological polar surface area (TPSA) is 73.7 Å². The Hall–Kier alpha value is -1.89. The fraction of sp³-hybridized carbons (Fsp3) is 0.556. The lowest BCUT2D eigenvalue weighted by atomic mass is 10.2. The Morgan fingerprint density at radius 3 is 1.34 bits per heavy atom. The lowest BCUT2D eigenvalue weighted by Crippen LogP contribution is -2.33. The minimum absolute atomic E-state index is 0.0213. The molecule has 7 nitrogen and oxygen atoms in total. The fourth-order valence-corrected chi connectivity index (χ4v) is 7.54. The molecule has 188 valence electrons. The Balaban J connectivity index is 1.31. The first-order chi connectivity index (χ1) is 17.0. The van der Waals surface area contributed by atoms with Gasteiger partial charge in [0.25, 0.3) is 0 Å². The zero-order valence-electron chi connectivity index (χ0n) is 20.5. The second kappa shape index (κ2) is 9.53. The number of hydrogen-bond acceptors (Lipinski definition) is 7. The van der Waals surface area contributed by atoms with Gasteiger partial charge in [0.05, 0.1) is 50.8 Å². The van der Waals surface area contributed by atoms with Crippen LogP contribution in [0.15, 0.2) is 48.5 Å². The zero-order valence-corrected chi connectivity index (χ0v) is 21.4. The second-order valence-electron chi connectivity index (χ2n) is 10.4. The van der Waals surface area contributed by atoms with Gasteiger partial charge >= 0.3 is 0 Å². The van der Waals surface area contributed by atoms with Gasteiger partial charge in [-0.15, -0.1) is 0 Å². The van der Waals surface area contributed by atoms with Crippen LogP contribution in [0.1, 0.15) is 13.8 Å². The number of hydrogen-bond donors (Lipinski definition) is 0. The average Bonchev–Trinajstić information content (AvgIpc) is 3.70. The quantitative estimate of drug-likeness (QED) is 0.311. The van der Waals surface area contributed by atoms with E-state index >= 15 is 0 Å². The summed E-state index contributed by atoms with van der Waals surface area (Å²) < 4.78 is 36.9. The van der Waals surface area contributed by atoms with E-state index < -0.39 is 7.14 Å². The summed E-state index contributed by atoms with van der Waals surface area (Å²) in [5, 5.41) is 1.81. The van der Waals surface area contributed by atoms with E-state index in [1.165, 1.54) is 0 Å². The van der Waals surface area contributed by atoms with Crippen molar-refractivity contribution in [1.82, 2.24) is 0 Å². The van der Waals surface area contributed by atoms with Gasteiger partial charge in [0.2, 0.25) is 0 Å². The number of anilines is 2. The van der Waals surface area contributed by atoms with Gasteiger partial charge in [0, 0.05) is 53.8 Å². The Morgan fingerprint density at radius 2 is 1.06 bits per heavy atom. The molecule has 0 radical (unpaired) electrons. The molecule has 4 aliphatic rings. The highest BCUT2D eigenvalue weighted by atomic mass is 31.2. The molecule has 0 aromatic heterocycles. The van der Waals surface area contributed by atoms with E-state index in [1.54, 1.807) is 0 Å². The van der Waals surface area contributed by atoms with Gasteiger partial charge in [-0.05, 0) is 24.3 Å². The Labute approximate surface area is 207 Å². The Bertz CT molecular complexity index is 987. The molecule has 0 saturated carbocycles. The minimum atomic E-state index is -2.88. The molecule has 6 rings (SSSR count). The predicted octanol–water partition coefficient (Wildman–Crippen LogP) is 2.62. The van der Waals surface area contributed by atoms with Crippen molar-refractivity contribution in [3.8, 4) is 0 Å². The zero-order chi connectivity index (χ0) is 24.0. The van der Waals surface area contributed by atoms with Crippen molar-refractivity contribution in [2.45, 2.75) is 43.9 Å². The molecule has 2 aromatic carbocycles. The van der Waals surface area contributed by atoms with Crippen LogP contribution < -0.4 is 20.4 Å². The van der Waals surface area contributed by atoms with Crippen molar-refractivity contribution < 1.29 is 23.5 Å². The summed E-state index contributed by atoms with van der Waals surface area (Å²) in [6.45, 7) is 10.8. The normalized spacial score (nSPS) is 27.9. The molecule has 0 amide bonds. The molecule has 2 aromatic rings. The molecule has 4 unspecified atom stereocenters. The van der Waals surface area contributed by atoms with E-state index in [4.69, 9.17) is 18.9 Å². The molecule has 4 fully saturated rings. The first-order valence-corrected chi connectivity index (χ1v) is 14.5. The van der Waals surface area contributed by atoms with Crippen molar-refractivity contribution in [2.24, 2.45) is 0 Å². The van der Waals surface area contributed by atoms with Crippen molar-refractivity contribution in [3.05, 3.63) is 48.5 Å². The lowest BCUT2D eigenvalue weighted by Gasteiger charge is -2.29. The van der Waals surface area contributed by atoms with E-state index in [0.717, 1.165) is 74.6 Å². The third-order valence-corrected chi connectivity index (χ3v) is 10.7. The maximum Gasteiger partial charge on any atom is 0.145 e.